The first kappa shape index (κ1) is 25.8. The zero-order valence-electron chi connectivity index (χ0n) is 20.3. The molecule has 1 aromatic carbocycles. The normalized spacial score (nSPS) is 22.0. The van der Waals surface area contributed by atoms with E-state index in [4.69, 9.17) is 5.73 Å². The number of rotatable bonds is 5. The van der Waals surface area contributed by atoms with E-state index < -0.39 is 46.8 Å². The molecule has 1 fully saturated rings. The van der Waals surface area contributed by atoms with Crippen LogP contribution in [0.25, 0.3) is 11.3 Å². The maximum absolute atomic E-state index is 14.8. The molecule has 0 spiro atoms. The molecule has 0 unspecified atom stereocenters. The van der Waals surface area contributed by atoms with Gasteiger partial charge in [-0.2, -0.15) is 0 Å². The number of hydrogen-bond donors (Lipinski definition) is 3. The minimum atomic E-state index is -0.956. The van der Waals surface area contributed by atoms with Crippen LogP contribution >= 0.6 is 0 Å². The van der Waals surface area contributed by atoms with Gasteiger partial charge in [0.2, 0.25) is 0 Å². The lowest BCUT2D eigenvalue weighted by Crippen LogP contribution is -2.44. The van der Waals surface area contributed by atoms with Gasteiger partial charge in [-0.3, -0.25) is 9.78 Å². The lowest BCUT2D eigenvalue weighted by Gasteiger charge is -2.36. The van der Waals surface area contributed by atoms with Crippen LogP contribution in [0.5, 0.6) is 0 Å². The SMILES string of the molecule is CC(C)c1cc(F)c(-c2nc(C(=O)Nc3cnccc3[C@H]3C[C@@H](N)[C@H](O)[C@@H](C)C3)ccc2F)c(F)c1. The predicted octanol–water partition coefficient (Wildman–Crippen LogP) is 5.14. The number of aliphatic hydroxyl groups is 1. The molecule has 0 saturated heterocycles. The van der Waals surface area contributed by atoms with Gasteiger partial charge in [0, 0.05) is 12.2 Å². The zero-order valence-corrected chi connectivity index (χ0v) is 20.3. The summed E-state index contributed by atoms with van der Waals surface area (Å²) in [5, 5.41) is 12.9. The lowest BCUT2D eigenvalue weighted by molar-refractivity contribution is 0.0521. The van der Waals surface area contributed by atoms with Crippen LogP contribution in [0.3, 0.4) is 0 Å². The number of pyridine rings is 2. The molecule has 1 saturated carbocycles. The molecule has 9 heteroatoms. The molecule has 1 aliphatic rings. The molecule has 1 amide bonds. The van der Waals surface area contributed by atoms with Gasteiger partial charge in [0.25, 0.3) is 5.91 Å². The molecular formula is C27H29F3N4O2. The number of benzene rings is 1. The Morgan fingerprint density at radius 1 is 1.11 bits per heavy atom. The van der Waals surface area contributed by atoms with Crippen LogP contribution in [-0.4, -0.2) is 33.1 Å². The van der Waals surface area contributed by atoms with Crippen molar-refractivity contribution in [2.75, 3.05) is 5.32 Å². The zero-order chi connectivity index (χ0) is 26.1. The molecule has 0 bridgehead atoms. The number of nitrogens with one attached hydrogen (secondary N) is 1. The van der Waals surface area contributed by atoms with Crippen LogP contribution in [0.15, 0.2) is 42.7 Å². The van der Waals surface area contributed by atoms with Crippen molar-refractivity contribution in [3.8, 4) is 11.3 Å². The van der Waals surface area contributed by atoms with E-state index in [2.05, 4.69) is 15.3 Å². The average molecular weight is 499 g/mol. The van der Waals surface area contributed by atoms with E-state index in [-0.39, 0.29) is 23.4 Å². The minimum absolute atomic E-state index is 0.0175. The maximum atomic E-state index is 14.8. The van der Waals surface area contributed by atoms with E-state index in [9.17, 15) is 23.1 Å². The molecule has 190 valence electrons. The highest BCUT2D eigenvalue weighted by atomic mass is 19.1. The number of carbonyl (C=O) groups is 1. The Bertz CT molecular complexity index is 1250. The number of nitrogens with zero attached hydrogens (tertiary/aromatic N) is 2. The Morgan fingerprint density at radius 3 is 2.44 bits per heavy atom. The highest BCUT2D eigenvalue weighted by molar-refractivity contribution is 6.03. The van der Waals surface area contributed by atoms with Gasteiger partial charge in [0.15, 0.2) is 0 Å². The van der Waals surface area contributed by atoms with Crippen LogP contribution in [-0.2, 0) is 0 Å². The topological polar surface area (TPSA) is 101 Å². The van der Waals surface area contributed by atoms with Gasteiger partial charge in [-0.25, -0.2) is 18.2 Å². The Hall–Kier alpha value is -3.30. The van der Waals surface area contributed by atoms with Gasteiger partial charge in [-0.15, -0.1) is 0 Å². The second-order valence-electron chi connectivity index (χ2n) is 9.76. The molecule has 36 heavy (non-hydrogen) atoms. The molecular weight excluding hydrogens is 469 g/mol. The fraction of sp³-hybridized carbons (Fsp3) is 0.370. The van der Waals surface area contributed by atoms with Crippen molar-refractivity contribution in [1.82, 2.24) is 9.97 Å². The van der Waals surface area contributed by atoms with E-state index in [1.807, 2.05) is 6.92 Å². The maximum Gasteiger partial charge on any atom is 0.274 e. The number of hydrogen-bond acceptors (Lipinski definition) is 5. The van der Waals surface area contributed by atoms with Crippen LogP contribution in [0.2, 0.25) is 0 Å². The number of anilines is 1. The van der Waals surface area contributed by atoms with Crippen LogP contribution in [0, 0.1) is 23.4 Å². The minimum Gasteiger partial charge on any atom is -0.391 e. The van der Waals surface area contributed by atoms with Crippen molar-refractivity contribution < 1.29 is 23.1 Å². The smallest absolute Gasteiger partial charge is 0.274 e. The second kappa shape index (κ2) is 10.4. The van der Waals surface area contributed by atoms with Crippen molar-refractivity contribution in [3.63, 3.8) is 0 Å². The highest BCUT2D eigenvalue weighted by Gasteiger charge is 2.34. The third-order valence-electron chi connectivity index (χ3n) is 6.82. The summed E-state index contributed by atoms with van der Waals surface area (Å²) in [7, 11) is 0. The highest BCUT2D eigenvalue weighted by Crippen LogP contribution is 2.38. The number of aliphatic hydroxyl groups excluding tert-OH is 1. The quantitative estimate of drug-likeness (QED) is 0.452. The molecule has 1 aliphatic carbocycles. The van der Waals surface area contributed by atoms with Crippen molar-refractivity contribution in [2.45, 2.75) is 57.6 Å². The molecule has 3 aromatic rings. The van der Waals surface area contributed by atoms with E-state index >= 15 is 0 Å². The summed E-state index contributed by atoms with van der Waals surface area (Å²) in [4.78, 5) is 21.1. The number of carbonyl (C=O) groups excluding carboxylic acids is 1. The van der Waals surface area contributed by atoms with Gasteiger partial charge in [-0.1, -0.05) is 20.8 Å². The molecule has 0 aliphatic heterocycles. The first-order valence-corrected chi connectivity index (χ1v) is 11.9. The number of aromatic nitrogens is 2. The third kappa shape index (κ3) is 5.12. The summed E-state index contributed by atoms with van der Waals surface area (Å²) < 4.78 is 44.2. The Morgan fingerprint density at radius 2 is 1.81 bits per heavy atom. The predicted molar refractivity (Wildman–Crippen MR) is 131 cm³/mol. The van der Waals surface area contributed by atoms with Crippen LogP contribution in [0.4, 0.5) is 18.9 Å². The first-order chi connectivity index (χ1) is 17.1. The summed E-state index contributed by atoms with van der Waals surface area (Å²) in [6.07, 6.45) is 3.70. The first-order valence-electron chi connectivity index (χ1n) is 11.9. The Labute approximate surface area is 207 Å². The van der Waals surface area contributed by atoms with Gasteiger partial charge < -0.3 is 16.2 Å². The van der Waals surface area contributed by atoms with Crippen molar-refractivity contribution in [3.05, 3.63) is 77.0 Å². The Balaban J connectivity index is 1.64. The lowest BCUT2D eigenvalue weighted by atomic mass is 9.74. The summed E-state index contributed by atoms with van der Waals surface area (Å²) in [5.41, 5.74) is 6.35. The average Bonchev–Trinajstić information content (AvgIpc) is 2.83. The monoisotopic (exact) mass is 498 g/mol. The molecule has 4 rings (SSSR count). The van der Waals surface area contributed by atoms with E-state index in [0.717, 1.165) is 29.8 Å². The van der Waals surface area contributed by atoms with Crippen molar-refractivity contribution >= 4 is 11.6 Å². The molecule has 2 aromatic heterocycles. The number of halogens is 3. The summed E-state index contributed by atoms with van der Waals surface area (Å²) >= 11 is 0. The van der Waals surface area contributed by atoms with Crippen LogP contribution in [0.1, 0.15) is 67.1 Å². The number of amides is 1. The van der Waals surface area contributed by atoms with Gasteiger partial charge in [-0.05, 0) is 72.1 Å². The van der Waals surface area contributed by atoms with Gasteiger partial charge in [0.05, 0.1) is 23.6 Å². The number of nitrogens with two attached hydrogens (primary N) is 1. The molecule has 6 nitrogen and oxygen atoms in total. The molecule has 0 radical (unpaired) electrons. The van der Waals surface area contributed by atoms with E-state index in [1.165, 1.54) is 6.20 Å². The summed E-state index contributed by atoms with van der Waals surface area (Å²) in [5.74, 6) is -3.72. The second-order valence-corrected chi connectivity index (χ2v) is 9.76. The largest absolute Gasteiger partial charge is 0.391 e. The molecule has 4 N–H and O–H groups in total. The van der Waals surface area contributed by atoms with Crippen molar-refractivity contribution in [2.24, 2.45) is 11.7 Å². The standard InChI is InChI=1S/C27H29F3N4O2/c1-13(2)15-9-19(29)24(20(30)10-15)25-18(28)4-5-22(33-25)27(36)34-23-12-32-7-6-17(23)16-8-14(3)26(35)21(31)11-16/h4-7,9-10,12-14,16,21,26,35H,8,11,31H2,1-3H3,(H,34,36)/t14-,16+,21+,26+/m0/s1. The summed E-state index contributed by atoms with van der Waals surface area (Å²) in [6.45, 7) is 5.49. The van der Waals surface area contributed by atoms with E-state index in [1.54, 1.807) is 26.1 Å². The van der Waals surface area contributed by atoms with Gasteiger partial charge in [0.1, 0.15) is 28.8 Å². The fourth-order valence-electron chi connectivity index (χ4n) is 4.78. The third-order valence-corrected chi connectivity index (χ3v) is 6.82. The fourth-order valence-corrected chi connectivity index (χ4v) is 4.78. The van der Waals surface area contributed by atoms with E-state index in [0.29, 0.717) is 24.1 Å². The van der Waals surface area contributed by atoms with Gasteiger partial charge >= 0.3 is 0 Å². The molecule has 4 atom stereocenters. The van der Waals surface area contributed by atoms with Crippen LogP contribution < -0.4 is 11.1 Å². The van der Waals surface area contributed by atoms with Crippen molar-refractivity contribution in [1.29, 1.82) is 0 Å². The molecule has 2 heterocycles. The Kier molecular flexibility index (Phi) is 7.42. The summed E-state index contributed by atoms with van der Waals surface area (Å²) in [6, 6.07) is 5.78.